The molecule has 0 spiro atoms. The summed E-state index contributed by atoms with van der Waals surface area (Å²) in [5.41, 5.74) is 0. The smallest absolute Gasteiger partial charge is 0.345 e. The lowest BCUT2D eigenvalue weighted by Crippen LogP contribution is -2.02. The fraction of sp³-hybridized carbons (Fsp3) is 0.286. The van der Waals surface area contributed by atoms with Crippen LogP contribution in [-0.2, 0) is 6.54 Å². The molecule has 0 amide bonds. The average molecular weight is 165 g/mol. The molecule has 0 unspecified atom stereocenters. The molecule has 12 heavy (non-hydrogen) atoms. The molecule has 1 heterocycles. The van der Waals surface area contributed by atoms with Crippen molar-refractivity contribution in [1.29, 1.82) is 0 Å². The first-order chi connectivity index (χ1) is 5.75. The predicted octanol–water partition coefficient (Wildman–Crippen LogP) is 0.815. The highest BCUT2D eigenvalue weighted by Gasteiger charge is 2.10. The van der Waals surface area contributed by atoms with E-state index in [0.29, 0.717) is 0 Å². The molecule has 0 aliphatic heterocycles. The molecule has 0 atom stereocenters. The fourth-order valence-electron chi connectivity index (χ4n) is 0.757. The predicted molar refractivity (Wildman–Crippen MR) is 42.3 cm³/mol. The van der Waals surface area contributed by atoms with Gasteiger partial charge in [-0.15, -0.1) is 10.6 Å². The molecule has 0 bridgehead atoms. The Morgan fingerprint density at radius 1 is 1.83 bits per heavy atom. The Kier molecular flexibility index (Phi) is 2.43. The lowest BCUT2D eigenvalue weighted by Gasteiger charge is -1.92. The van der Waals surface area contributed by atoms with Gasteiger partial charge in [0.15, 0.2) is 6.54 Å². The van der Waals surface area contributed by atoms with Crippen molar-refractivity contribution in [3.05, 3.63) is 22.4 Å². The first-order valence-corrected chi connectivity index (χ1v) is 3.31. The van der Waals surface area contributed by atoms with E-state index in [1.165, 1.54) is 16.9 Å². The number of aromatic nitrogens is 2. The van der Waals surface area contributed by atoms with Gasteiger partial charge in [0, 0.05) is 0 Å². The largest absolute Gasteiger partial charge is 0.358 e. The Morgan fingerprint density at radius 2 is 2.58 bits per heavy atom. The van der Waals surface area contributed by atoms with Crippen LogP contribution in [0.15, 0.2) is 12.3 Å². The lowest BCUT2D eigenvalue weighted by molar-refractivity contribution is -0.392. The highest BCUT2D eigenvalue weighted by Crippen LogP contribution is 2.07. The molecule has 0 aromatic carbocycles. The SMILES string of the molecule is CC#CCn1nccc1[N+](=O)[O-]. The van der Waals surface area contributed by atoms with E-state index in [9.17, 15) is 10.1 Å². The van der Waals surface area contributed by atoms with Crippen LogP contribution in [0.1, 0.15) is 6.92 Å². The number of hydrogen-bond donors (Lipinski definition) is 0. The third kappa shape index (κ3) is 1.61. The monoisotopic (exact) mass is 165 g/mol. The molecule has 0 saturated carbocycles. The average Bonchev–Trinajstić information content (AvgIpc) is 2.48. The highest BCUT2D eigenvalue weighted by molar-refractivity contribution is 5.17. The zero-order valence-electron chi connectivity index (χ0n) is 6.52. The molecule has 5 nitrogen and oxygen atoms in total. The number of nitro groups is 1. The summed E-state index contributed by atoms with van der Waals surface area (Å²) >= 11 is 0. The van der Waals surface area contributed by atoms with Crippen molar-refractivity contribution in [2.45, 2.75) is 13.5 Å². The van der Waals surface area contributed by atoms with E-state index in [2.05, 4.69) is 16.9 Å². The second-order valence-electron chi connectivity index (χ2n) is 2.03. The van der Waals surface area contributed by atoms with E-state index in [0.717, 1.165) is 0 Å². The summed E-state index contributed by atoms with van der Waals surface area (Å²) in [6.45, 7) is 1.94. The van der Waals surface area contributed by atoms with Crippen LogP contribution < -0.4 is 0 Å². The Hall–Kier alpha value is -1.83. The molecule has 0 N–H and O–H groups in total. The molecule has 0 fully saturated rings. The first-order valence-electron chi connectivity index (χ1n) is 3.31. The van der Waals surface area contributed by atoms with Gasteiger partial charge in [0.1, 0.15) is 0 Å². The van der Waals surface area contributed by atoms with Gasteiger partial charge in [-0.25, -0.2) is 0 Å². The van der Waals surface area contributed by atoms with E-state index in [4.69, 9.17) is 0 Å². The summed E-state index contributed by atoms with van der Waals surface area (Å²) in [6.07, 6.45) is 1.38. The van der Waals surface area contributed by atoms with Crippen molar-refractivity contribution in [3.63, 3.8) is 0 Å². The third-order valence-corrected chi connectivity index (χ3v) is 1.29. The molecular formula is C7H7N3O2. The van der Waals surface area contributed by atoms with Gasteiger partial charge in [-0.3, -0.25) is 0 Å². The van der Waals surface area contributed by atoms with Crippen molar-refractivity contribution >= 4 is 5.82 Å². The maximum absolute atomic E-state index is 10.3. The van der Waals surface area contributed by atoms with Crippen LogP contribution in [0.2, 0.25) is 0 Å². The minimum absolute atomic E-state index is 0.0299. The van der Waals surface area contributed by atoms with Crippen molar-refractivity contribution < 1.29 is 4.92 Å². The summed E-state index contributed by atoms with van der Waals surface area (Å²) in [5.74, 6) is 5.30. The Balaban J connectivity index is 2.89. The molecule has 1 rings (SSSR count). The third-order valence-electron chi connectivity index (χ3n) is 1.29. The van der Waals surface area contributed by atoms with Gasteiger partial charge < -0.3 is 10.1 Å². The summed E-state index contributed by atoms with van der Waals surface area (Å²) in [6, 6.07) is 1.34. The molecule has 62 valence electrons. The van der Waals surface area contributed by atoms with Crippen LogP contribution >= 0.6 is 0 Å². The normalized spacial score (nSPS) is 8.75. The molecular weight excluding hydrogens is 158 g/mol. The molecule has 1 aromatic rings. The van der Waals surface area contributed by atoms with Gasteiger partial charge in [-0.1, -0.05) is 11.0 Å². The van der Waals surface area contributed by atoms with E-state index in [-0.39, 0.29) is 12.4 Å². The Labute approximate surface area is 69.2 Å². The van der Waals surface area contributed by atoms with Gasteiger partial charge >= 0.3 is 5.82 Å². The van der Waals surface area contributed by atoms with Gasteiger partial charge in [-0.05, 0) is 11.8 Å². The van der Waals surface area contributed by atoms with Crippen LogP contribution in [0.3, 0.4) is 0 Å². The number of hydrogen-bond acceptors (Lipinski definition) is 3. The van der Waals surface area contributed by atoms with Crippen molar-refractivity contribution in [2.24, 2.45) is 0 Å². The first kappa shape index (κ1) is 8.27. The molecule has 1 aromatic heterocycles. The quantitative estimate of drug-likeness (QED) is 0.370. The summed E-state index contributed by atoms with van der Waals surface area (Å²) in [5, 5.41) is 14.1. The van der Waals surface area contributed by atoms with Crippen molar-refractivity contribution in [2.75, 3.05) is 0 Å². The second kappa shape index (κ2) is 3.53. The Bertz CT molecular complexity index is 345. The fourth-order valence-corrected chi connectivity index (χ4v) is 0.757. The summed E-state index contributed by atoms with van der Waals surface area (Å²) in [7, 11) is 0. The van der Waals surface area contributed by atoms with Gasteiger partial charge in [0.2, 0.25) is 0 Å². The summed E-state index contributed by atoms with van der Waals surface area (Å²) in [4.78, 5) is 9.86. The van der Waals surface area contributed by atoms with Crippen LogP contribution in [0, 0.1) is 22.0 Å². The summed E-state index contributed by atoms with van der Waals surface area (Å²) < 4.78 is 1.25. The maximum atomic E-state index is 10.3. The zero-order chi connectivity index (χ0) is 8.97. The topological polar surface area (TPSA) is 61.0 Å². The number of rotatable bonds is 2. The molecule has 0 radical (unpaired) electrons. The van der Waals surface area contributed by atoms with Gasteiger partial charge in [-0.2, -0.15) is 0 Å². The van der Waals surface area contributed by atoms with Crippen LogP contribution in [0.5, 0.6) is 0 Å². The van der Waals surface area contributed by atoms with Crippen LogP contribution in [-0.4, -0.2) is 14.7 Å². The molecule has 5 heteroatoms. The minimum atomic E-state index is -0.482. The molecule has 0 saturated heterocycles. The number of nitrogens with zero attached hydrogens (tertiary/aromatic N) is 3. The zero-order valence-corrected chi connectivity index (χ0v) is 6.52. The van der Waals surface area contributed by atoms with Crippen molar-refractivity contribution in [3.8, 4) is 11.8 Å². The van der Waals surface area contributed by atoms with E-state index in [1.54, 1.807) is 6.92 Å². The maximum Gasteiger partial charge on any atom is 0.345 e. The van der Waals surface area contributed by atoms with Crippen LogP contribution in [0.4, 0.5) is 5.82 Å². The van der Waals surface area contributed by atoms with E-state index >= 15 is 0 Å². The standard InChI is InChI=1S/C7H7N3O2/c1-2-3-6-9-7(10(11)12)4-5-8-9/h4-5H,6H2,1H3. The van der Waals surface area contributed by atoms with E-state index < -0.39 is 4.92 Å². The highest BCUT2D eigenvalue weighted by atomic mass is 16.6. The van der Waals surface area contributed by atoms with Gasteiger partial charge in [0.25, 0.3) is 0 Å². The van der Waals surface area contributed by atoms with E-state index in [1.807, 2.05) is 0 Å². The molecule has 0 aliphatic rings. The Morgan fingerprint density at radius 3 is 3.17 bits per heavy atom. The van der Waals surface area contributed by atoms with Crippen molar-refractivity contribution in [1.82, 2.24) is 9.78 Å². The minimum Gasteiger partial charge on any atom is -0.358 e. The second-order valence-corrected chi connectivity index (χ2v) is 2.03. The molecule has 0 aliphatic carbocycles. The van der Waals surface area contributed by atoms with Gasteiger partial charge in [0.05, 0.1) is 12.3 Å². The lowest BCUT2D eigenvalue weighted by atomic mass is 10.6. The van der Waals surface area contributed by atoms with Crippen LogP contribution in [0.25, 0.3) is 0 Å².